The zero-order chi connectivity index (χ0) is 18.6. The van der Waals surface area contributed by atoms with Crippen molar-refractivity contribution < 1.29 is 14.2 Å². The summed E-state index contributed by atoms with van der Waals surface area (Å²) in [7, 11) is 2.01. The number of nitrogens with zero attached hydrogens (tertiary/aromatic N) is 3. The van der Waals surface area contributed by atoms with Gasteiger partial charge >= 0.3 is 0 Å². The van der Waals surface area contributed by atoms with Gasteiger partial charge in [0, 0.05) is 24.4 Å². The molecule has 0 unspecified atom stereocenters. The average molecular weight is 383 g/mol. The molecule has 1 aliphatic heterocycles. The van der Waals surface area contributed by atoms with E-state index in [4.69, 9.17) is 14.2 Å². The highest BCUT2D eigenvalue weighted by atomic mass is 32.2. The van der Waals surface area contributed by atoms with E-state index in [1.807, 2.05) is 41.9 Å². The van der Waals surface area contributed by atoms with Gasteiger partial charge in [-0.2, -0.15) is 0 Å². The van der Waals surface area contributed by atoms with E-state index in [0.29, 0.717) is 6.61 Å². The molecule has 4 rings (SSSR count). The highest BCUT2D eigenvalue weighted by Crippen LogP contribution is 2.35. The topological polar surface area (TPSA) is 58.4 Å². The largest absolute Gasteiger partial charge is 0.493 e. The Bertz CT molecular complexity index is 942. The number of fused-ring (bicyclic) bond motifs is 1. The summed E-state index contributed by atoms with van der Waals surface area (Å²) >= 11 is 1.69. The molecular weight excluding hydrogens is 362 g/mol. The predicted octanol–water partition coefficient (Wildman–Crippen LogP) is 4.08. The SMILES string of the molecule is Cc1ccccc1-c1nnc(SCCCOc2ccc3c(c2)OCO3)n1C. The summed E-state index contributed by atoms with van der Waals surface area (Å²) in [5, 5.41) is 9.61. The van der Waals surface area contributed by atoms with Gasteiger partial charge in [-0.25, -0.2) is 0 Å². The van der Waals surface area contributed by atoms with Gasteiger partial charge in [-0.3, -0.25) is 0 Å². The summed E-state index contributed by atoms with van der Waals surface area (Å²) in [5.74, 6) is 4.11. The summed E-state index contributed by atoms with van der Waals surface area (Å²) in [6.07, 6.45) is 0.908. The molecule has 0 fully saturated rings. The molecule has 6 nitrogen and oxygen atoms in total. The molecule has 0 N–H and O–H groups in total. The lowest BCUT2D eigenvalue weighted by Crippen LogP contribution is -2.00. The Morgan fingerprint density at radius 1 is 1.11 bits per heavy atom. The van der Waals surface area contributed by atoms with Crippen LogP contribution in [0.25, 0.3) is 11.4 Å². The fourth-order valence-electron chi connectivity index (χ4n) is 2.88. The van der Waals surface area contributed by atoms with E-state index in [2.05, 4.69) is 29.3 Å². The van der Waals surface area contributed by atoms with Gasteiger partial charge in [0.25, 0.3) is 0 Å². The highest BCUT2D eigenvalue weighted by Gasteiger charge is 2.14. The molecule has 0 saturated carbocycles. The molecule has 27 heavy (non-hydrogen) atoms. The molecule has 140 valence electrons. The van der Waals surface area contributed by atoms with E-state index < -0.39 is 0 Å². The number of aryl methyl sites for hydroxylation is 1. The van der Waals surface area contributed by atoms with Crippen molar-refractivity contribution in [3.63, 3.8) is 0 Å². The number of hydrogen-bond acceptors (Lipinski definition) is 6. The molecule has 0 spiro atoms. The number of ether oxygens (including phenoxy) is 3. The molecule has 7 heteroatoms. The van der Waals surface area contributed by atoms with Crippen molar-refractivity contribution in [3.05, 3.63) is 48.0 Å². The molecule has 2 aromatic carbocycles. The van der Waals surface area contributed by atoms with Crippen molar-refractivity contribution in [1.29, 1.82) is 0 Å². The maximum absolute atomic E-state index is 5.80. The Labute approximate surface area is 162 Å². The zero-order valence-electron chi connectivity index (χ0n) is 15.3. The molecule has 1 aliphatic rings. The molecule has 0 bridgehead atoms. The van der Waals surface area contributed by atoms with Crippen LogP contribution in [0.2, 0.25) is 0 Å². The lowest BCUT2D eigenvalue weighted by atomic mass is 10.1. The van der Waals surface area contributed by atoms with Gasteiger partial charge in [-0.1, -0.05) is 36.0 Å². The Morgan fingerprint density at radius 2 is 1.96 bits per heavy atom. The Hall–Kier alpha value is -2.67. The third kappa shape index (κ3) is 3.88. The Balaban J connectivity index is 1.28. The van der Waals surface area contributed by atoms with Crippen LogP contribution in [0, 0.1) is 6.92 Å². The summed E-state index contributed by atoms with van der Waals surface area (Å²) in [5.41, 5.74) is 2.31. The first-order chi connectivity index (χ1) is 13.2. The lowest BCUT2D eigenvalue weighted by molar-refractivity contribution is 0.173. The highest BCUT2D eigenvalue weighted by molar-refractivity contribution is 7.99. The third-order valence-electron chi connectivity index (χ3n) is 4.35. The minimum absolute atomic E-state index is 0.275. The van der Waals surface area contributed by atoms with E-state index >= 15 is 0 Å². The number of hydrogen-bond donors (Lipinski definition) is 0. The monoisotopic (exact) mass is 383 g/mol. The minimum Gasteiger partial charge on any atom is -0.493 e. The van der Waals surface area contributed by atoms with Crippen LogP contribution < -0.4 is 14.2 Å². The van der Waals surface area contributed by atoms with Gasteiger partial charge in [0.15, 0.2) is 22.5 Å². The van der Waals surface area contributed by atoms with Crippen molar-refractivity contribution in [2.75, 3.05) is 19.2 Å². The molecule has 0 atom stereocenters. The number of rotatable bonds is 7. The van der Waals surface area contributed by atoms with Crippen LogP contribution in [0.4, 0.5) is 0 Å². The Morgan fingerprint density at radius 3 is 2.85 bits per heavy atom. The van der Waals surface area contributed by atoms with Gasteiger partial charge in [0.2, 0.25) is 6.79 Å². The van der Waals surface area contributed by atoms with E-state index in [1.54, 1.807) is 11.8 Å². The van der Waals surface area contributed by atoms with Crippen LogP contribution >= 0.6 is 11.8 Å². The van der Waals surface area contributed by atoms with Crippen molar-refractivity contribution in [2.45, 2.75) is 18.5 Å². The normalized spacial score (nSPS) is 12.4. The fourth-order valence-corrected chi connectivity index (χ4v) is 3.70. The van der Waals surface area contributed by atoms with Crippen molar-refractivity contribution in [1.82, 2.24) is 14.8 Å². The summed E-state index contributed by atoms with van der Waals surface area (Å²) < 4.78 is 18.5. The van der Waals surface area contributed by atoms with Crippen molar-refractivity contribution >= 4 is 11.8 Å². The summed E-state index contributed by atoms with van der Waals surface area (Å²) in [4.78, 5) is 0. The van der Waals surface area contributed by atoms with Crippen LogP contribution in [0.3, 0.4) is 0 Å². The second kappa shape index (κ2) is 7.92. The van der Waals surface area contributed by atoms with Crippen LogP contribution in [0.15, 0.2) is 47.6 Å². The van der Waals surface area contributed by atoms with E-state index in [9.17, 15) is 0 Å². The molecule has 0 amide bonds. The molecule has 2 heterocycles. The number of benzene rings is 2. The van der Waals surface area contributed by atoms with Crippen LogP contribution in [0.1, 0.15) is 12.0 Å². The van der Waals surface area contributed by atoms with E-state index in [-0.39, 0.29) is 6.79 Å². The molecule has 0 aliphatic carbocycles. The molecule has 0 saturated heterocycles. The first-order valence-corrected chi connectivity index (χ1v) is 9.81. The quantitative estimate of drug-likeness (QED) is 0.453. The predicted molar refractivity (Wildman–Crippen MR) is 105 cm³/mol. The maximum Gasteiger partial charge on any atom is 0.231 e. The van der Waals surface area contributed by atoms with Crippen LogP contribution in [-0.2, 0) is 7.05 Å². The molecule has 0 radical (unpaired) electrons. The number of thioether (sulfide) groups is 1. The first kappa shape index (κ1) is 17.7. The van der Waals surface area contributed by atoms with Gasteiger partial charge in [0.1, 0.15) is 5.75 Å². The molecule has 3 aromatic rings. The zero-order valence-corrected chi connectivity index (χ0v) is 16.2. The van der Waals surface area contributed by atoms with Gasteiger partial charge in [0.05, 0.1) is 6.61 Å². The van der Waals surface area contributed by atoms with E-state index in [0.717, 1.165) is 46.0 Å². The minimum atomic E-state index is 0.275. The van der Waals surface area contributed by atoms with Crippen molar-refractivity contribution in [2.24, 2.45) is 7.05 Å². The van der Waals surface area contributed by atoms with Gasteiger partial charge < -0.3 is 18.8 Å². The first-order valence-electron chi connectivity index (χ1n) is 8.83. The van der Waals surface area contributed by atoms with Crippen molar-refractivity contribution in [3.8, 4) is 28.6 Å². The smallest absolute Gasteiger partial charge is 0.231 e. The second-order valence-corrected chi connectivity index (χ2v) is 7.31. The lowest BCUT2D eigenvalue weighted by Gasteiger charge is -2.07. The van der Waals surface area contributed by atoms with Gasteiger partial charge in [-0.05, 0) is 31.0 Å². The third-order valence-corrected chi connectivity index (χ3v) is 5.46. The van der Waals surface area contributed by atoms with Crippen LogP contribution in [-0.4, -0.2) is 33.9 Å². The average Bonchev–Trinajstić information content (AvgIpc) is 3.28. The molecule has 1 aromatic heterocycles. The molecular formula is C20H21N3O3S. The maximum atomic E-state index is 5.80. The standard InChI is InChI=1S/C20H21N3O3S/c1-14-6-3-4-7-16(14)19-21-22-20(23(19)2)27-11-5-10-24-15-8-9-17-18(12-15)26-13-25-17/h3-4,6-9,12H,5,10-11,13H2,1-2H3. The summed E-state index contributed by atoms with van der Waals surface area (Å²) in [6.45, 7) is 3.00. The second-order valence-electron chi connectivity index (χ2n) is 6.25. The Kier molecular flexibility index (Phi) is 5.20. The number of aromatic nitrogens is 3. The van der Waals surface area contributed by atoms with E-state index in [1.165, 1.54) is 5.56 Å². The summed E-state index contributed by atoms with van der Waals surface area (Å²) in [6, 6.07) is 13.9. The van der Waals surface area contributed by atoms with Crippen LogP contribution in [0.5, 0.6) is 17.2 Å². The van der Waals surface area contributed by atoms with Gasteiger partial charge in [-0.15, -0.1) is 10.2 Å². The fraction of sp³-hybridized carbons (Fsp3) is 0.300.